The minimum Gasteiger partial charge on any atom is -0.381 e. The van der Waals surface area contributed by atoms with Crippen molar-refractivity contribution in [3.05, 3.63) is 35.4 Å². The Morgan fingerprint density at radius 3 is 2.39 bits per heavy atom. The number of rotatable bonds is 3. The Labute approximate surface area is 136 Å². The molecule has 2 heterocycles. The molecule has 1 aromatic rings. The molecule has 3 rings (SSSR count). The summed E-state index contributed by atoms with van der Waals surface area (Å²) in [5, 5.41) is 3.11. The van der Waals surface area contributed by atoms with Crippen molar-refractivity contribution >= 4 is 11.7 Å². The van der Waals surface area contributed by atoms with Gasteiger partial charge >= 0.3 is 0 Å². The first-order valence-corrected chi connectivity index (χ1v) is 8.22. The summed E-state index contributed by atoms with van der Waals surface area (Å²) in [6.07, 6.45) is 3.47. The summed E-state index contributed by atoms with van der Waals surface area (Å²) in [5.74, 6) is -0.0861. The van der Waals surface area contributed by atoms with Crippen molar-refractivity contribution in [3.8, 4) is 0 Å². The number of ether oxygens (including phenoxy) is 2. The van der Waals surface area contributed by atoms with Gasteiger partial charge in [0.25, 0.3) is 5.91 Å². The van der Waals surface area contributed by atoms with E-state index in [0.717, 1.165) is 38.9 Å². The van der Waals surface area contributed by atoms with Crippen molar-refractivity contribution in [1.82, 2.24) is 5.32 Å². The fourth-order valence-corrected chi connectivity index (χ4v) is 3.37. The molecule has 0 radical (unpaired) electrons. The highest BCUT2D eigenvalue weighted by Crippen LogP contribution is 2.34. The van der Waals surface area contributed by atoms with Crippen molar-refractivity contribution in [2.45, 2.75) is 44.2 Å². The van der Waals surface area contributed by atoms with Gasteiger partial charge in [0.1, 0.15) is 0 Å². The zero-order chi connectivity index (χ0) is 16.3. The molecule has 0 unspecified atom stereocenters. The number of ketones is 1. The van der Waals surface area contributed by atoms with Gasteiger partial charge in [-0.15, -0.1) is 0 Å². The zero-order valence-corrected chi connectivity index (χ0v) is 13.5. The highest BCUT2D eigenvalue weighted by atomic mass is 16.5. The number of benzene rings is 1. The Morgan fingerprint density at radius 2 is 1.74 bits per heavy atom. The molecule has 124 valence electrons. The lowest BCUT2D eigenvalue weighted by Gasteiger charge is -2.43. The molecule has 5 nitrogen and oxygen atoms in total. The van der Waals surface area contributed by atoms with E-state index in [1.165, 1.54) is 6.92 Å². The van der Waals surface area contributed by atoms with E-state index in [2.05, 4.69) is 5.32 Å². The maximum Gasteiger partial charge on any atom is 0.251 e. The van der Waals surface area contributed by atoms with Crippen LogP contribution in [-0.2, 0) is 9.47 Å². The maximum atomic E-state index is 12.4. The number of amides is 1. The lowest BCUT2D eigenvalue weighted by atomic mass is 9.84. The van der Waals surface area contributed by atoms with E-state index in [0.29, 0.717) is 17.7 Å². The molecule has 1 amide bonds. The van der Waals surface area contributed by atoms with Crippen LogP contribution in [0.15, 0.2) is 24.3 Å². The summed E-state index contributed by atoms with van der Waals surface area (Å²) >= 11 is 0. The maximum absolute atomic E-state index is 12.4. The largest absolute Gasteiger partial charge is 0.381 e. The van der Waals surface area contributed by atoms with E-state index >= 15 is 0 Å². The number of nitrogens with one attached hydrogen (secondary N) is 1. The topological polar surface area (TPSA) is 64.6 Å². The van der Waals surface area contributed by atoms with E-state index in [-0.39, 0.29) is 23.3 Å². The van der Waals surface area contributed by atoms with Gasteiger partial charge < -0.3 is 14.8 Å². The summed E-state index contributed by atoms with van der Waals surface area (Å²) in [5.41, 5.74) is 1.07. The van der Waals surface area contributed by atoms with E-state index in [4.69, 9.17) is 9.47 Å². The summed E-state index contributed by atoms with van der Waals surface area (Å²) in [4.78, 5) is 23.7. The van der Waals surface area contributed by atoms with Crippen molar-refractivity contribution < 1.29 is 19.1 Å². The fourth-order valence-electron chi connectivity index (χ4n) is 3.37. The van der Waals surface area contributed by atoms with E-state index in [1.54, 1.807) is 24.3 Å². The van der Waals surface area contributed by atoms with Crippen LogP contribution in [0.3, 0.4) is 0 Å². The van der Waals surface area contributed by atoms with Crippen LogP contribution in [0, 0.1) is 0 Å². The van der Waals surface area contributed by atoms with Gasteiger partial charge in [-0.1, -0.05) is 12.1 Å². The first-order valence-electron chi connectivity index (χ1n) is 8.22. The SMILES string of the molecule is CC(=O)c1ccc(C(=O)N[C@H]2CCOC3(CCOCC3)C2)cc1. The molecule has 23 heavy (non-hydrogen) atoms. The number of hydrogen-bond acceptors (Lipinski definition) is 4. The molecule has 1 spiro atoms. The number of carbonyl (C=O) groups excluding carboxylic acids is 2. The quantitative estimate of drug-likeness (QED) is 0.869. The summed E-state index contributed by atoms with van der Waals surface area (Å²) in [6.45, 7) is 3.65. The van der Waals surface area contributed by atoms with Crippen LogP contribution in [-0.4, -0.2) is 43.2 Å². The van der Waals surface area contributed by atoms with Gasteiger partial charge in [0, 0.05) is 37.0 Å². The standard InChI is InChI=1S/C18H23NO4/c1-13(20)14-2-4-15(5-3-14)17(21)19-16-6-9-23-18(12-16)7-10-22-11-8-18/h2-5,16H,6-12H2,1H3,(H,19,21)/t16-/m0/s1. The van der Waals surface area contributed by atoms with Crippen LogP contribution in [0.2, 0.25) is 0 Å². The number of Topliss-reactive ketones (excluding diaryl/α,β-unsaturated/α-hetero) is 1. The molecule has 0 aromatic heterocycles. The average molecular weight is 317 g/mol. The van der Waals surface area contributed by atoms with Crippen LogP contribution in [0.5, 0.6) is 0 Å². The molecular formula is C18H23NO4. The third kappa shape index (κ3) is 3.79. The molecule has 2 saturated heterocycles. The minimum absolute atomic E-state index is 0.00264. The van der Waals surface area contributed by atoms with Crippen molar-refractivity contribution in [2.75, 3.05) is 19.8 Å². The molecule has 0 saturated carbocycles. The van der Waals surface area contributed by atoms with Gasteiger partial charge in [0.05, 0.1) is 5.60 Å². The lowest BCUT2D eigenvalue weighted by molar-refractivity contribution is -0.139. The monoisotopic (exact) mass is 317 g/mol. The van der Waals surface area contributed by atoms with Crippen LogP contribution < -0.4 is 5.32 Å². The van der Waals surface area contributed by atoms with E-state index < -0.39 is 0 Å². The predicted molar refractivity (Wildman–Crippen MR) is 85.7 cm³/mol. The lowest BCUT2D eigenvalue weighted by Crippen LogP contribution is -2.51. The second kappa shape index (κ2) is 6.81. The van der Waals surface area contributed by atoms with Crippen LogP contribution >= 0.6 is 0 Å². The van der Waals surface area contributed by atoms with Gasteiger partial charge in [-0.3, -0.25) is 9.59 Å². The smallest absolute Gasteiger partial charge is 0.251 e. The van der Waals surface area contributed by atoms with Gasteiger partial charge in [-0.25, -0.2) is 0 Å². The Hall–Kier alpha value is -1.72. The van der Waals surface area contributed by atoms with E-state index in [1.807, 2.05) is 0 Å². The van der Waals surface area contributed by atoms with Crippen LogP contribution in [0.25, 0.3) is 0 Å². The van der Waals surface area contributed by atoms with Crippen LogP contribution in [0.1, 0.15) is 53.3 Å². The minimum atomic E-state index is -0.132. The number of carbonyl (C=O) groups is 2. The first kappa shape index (κ1) is 16.1. The Bertz CT molecular complexity index is 570. The van der Waals surface area contributed by atoms with Gasteiger partial charge in [0.15, 0.2) is 5.78 Å². The predicted octanol–water partition coefficient (Wildman–Crippen LogP) is 2.35. The van der Waals surface area contributed by atoms with Crippen molar-refractivity contribution in [3.63, 3.8) is 0 Å². The number of hydrogen-bond donors (Lipinski definition) is 1. The highest BCUT2D eigenvalue weighted by Gasteiger charge is 2.39. The van der Waals surface area contributed by atoms with E-state index in [9.17, 15) is 9.59 Å². The Morgan fingerprint density at radius 1 is 1.09 bits per heavy atom. The molecule has 1 aromatic carbocycles. The normalized spacial score (nSPS) is 23.4. The molecule has 0 aliphatic carbocycles. The molecule has 2 aliphatic heterocycles. The van der Waals surface area contributed by atoms with Gasteiger partial charge in [-0.2, -0.15) is 0 Å². The molecule has 5 heteroatoms. The van der Waals surface area contributed by atoms with Crippen molar-refractivity contribution in [2.24, 2.45) is 0 Å². The Balaban J connectivity index is 1.61. The van der Waals surface area contributed by atoms with Gasteiger partial charge in [0.2, 0.25) is 0 Å². The van der Waals surface area contributed by atoms with Gasteiger partial charge in [-0.05, 0) is 44.7 Å². The second-order valence-corrected chi connectivity index (χ2v) is 6.44. The van der Waals surface area contributed by atoms with Crippen molar-refractivity contribution in [1.29, 1.82) is 0 Å². The molecule has 1 atom stereocenters. The fraction of sp³-hybridized carbons (Fsp3) is 0.556. The molecule has 0 bridgehead atoms. The average Bonchev–Trinajstić information content (AvgIpc) is 2.55. The third-order valence-electron chi connectivity index (χ3n) is 4.79. The summed E-state index contributed by atoms with van der Waals surface area (Å²) in [7, 11) is 0. The first-order chi connectivity index (χ1) is 11.1. The molecule has 2 aliphatic rings. The third-order valence-corrected chi connectivity index (χ3v) is 4.79. The Kier molecular flexibility index (Phi) is 4.78. The molecule has 1 N–H and O–H groups in total. The zero-order valence-electron chi connectivity index (χ0n) is 13.5. The molecular weight excluding hydrogens is 294 g/mol. The summed E-state index contributed by atoms with van der Waals surface area (Å²) in [6, 6.07) is 6.93. The second-order valence-electron chi connectivity index (χ2n) is 6.44. The highest BCUT2D eigenvalue weighted by molar-refractivity contribution is 5.97. The van der Waals surface area contributed by atoms with Crippen LogP contribution in [0.4, 0.5) is 0 Å². The molecule has 2 fully saturated rings. The summed E-state index contributed by atoms with van der Waals surface area (Å²) < 4.78 is 11.4.